The number of nitrogens with zero attached hydrogens (tertiary/aromatic N) is 2. The Bertz CT molecular complexity index is 824. The molecule has 0 bridgehead atoms. The second-order valence-electron chi connectivity index (χ2n) is 4.86. The summed E-state index contributed by atoms with van der Waals surface area (Å²) in [6.45, 7) is 0. The molecule has 1 heterocycles. The van der Waals surface area contributed by atoms with E-state index in [1.54, 1.807) is 31.2 Å². The molecule has 1 aromatic heterocycles. The van der Waals surface area contributed by atoms with Gasteiger partial charge in [0.2, 0.25) is 5.91 Å². The quantitative estimate of drug-likeness (QED) is 0.743. The lowest BCUT2D eigenvalue weighted by molar-refractivity contribution is 0.0918. The van der Waals surface area contributed by atoms with E-state index in [2.05, 4.69) is 4.98 Å². The van der Waals surface area contributed by atoms with E-state index >= 15 is 0 Å². The van der Waals surface area contributed by atoms with E-state index < -0.39 is 0 Å². The van der Waals surface area contributed by atoms with Crippen LogP contribution in [0.4, 0.5) is 0 Å². The average Bonchev–Trinajstić information content (AvgIpc) is 2.98. The van der Waals surface area contributed by atoms with E-state index in [1.807, 2.05) is 36.4 Å². The summed E-state index contributed by atoms with van der Waals surface area (Å²) in [5, 5.41) is 0. The minimum Gasteiger partial charge on any atom is -0.493 e. The first-order valence-corrected chi connectivity index (χ1v) is 6.89. The van der Waals surface area contributed by atoms with Gasteiger partial charge in [-0.15, -0.1) is 0 Å². The van der Waals surface area contributed by atoms with Gasteiger partial charge in [-0.25, -0.2) is 4.98 Å². The number of imidazole rings is 1. The number of hydrogen-bond acceptors (Lipinski definition) is 4. The molecular weight excluding hydrogens is 280 g/mol. The van der Waals surface area contributed by atoms with Crippen molar-refractivity contribution in [3.05, 3.63) is 54.4 Å². The highest BCUT2D eigenvalue weighted by Crippen LogP contribution is 2.28. The molecule has 112 valence electrons. The zero-order valence-corrected chi connectivity index (χ0v) is 12.4. The Morgan fingerprint density at radius 3 is 2.64 bits per heavy atom. The van der Waals surface area contributed by atoms with Crippen LogP contribution >= 0.6 is 0 Å². The van der Waals surface area contributed by atoms with Crippen LogP contribution in [0.3, 0.4) is 0 Å². The number of hydrogen-bond donors (Lipinski definition) is 0. The van der Waals surface area contributed by atoms with Crippen molar-refractivity contribution in [2.24, 2.45) is 0 Å². The highest BCUT2D eigenvalue weighted by atomic mass is 16.5. The van der Waals surface area contributed by atoms with E-state index in [-0.39, 0.29) is 12.3 Å². The van der Waals surface area contributed by atoms with Crippen LogP contribution in [-0.2, 0) is 6.42 Å². The van der Waals surface area contributed by atoms with Crippen LogP contribution in [0.2, 0.25) is 0 Å². The number of methoxy groups -OCH3 is 2. The zero-order chi connectivity index (χ0) is 15.5. The standard InChI is InChI=1S/C17H16N2O3/c1-21-15-8-7-12(9-16(15)22-2)10-17(20)19-11-18-13-5-3-4-6-14(13)19/h3-9,11H,10H2,1-2H3. The predicted octanol–water partition coefficient (Wildman–Crippen LogP) is 2.94. The van der Waals surface area contributed by atoms with Crippen molar-refractivity contribution in [1.82, 2.24) is 9.55 Å². The normalized spacial score (nSPS) is 10.6. The SMILES string of the molecule is COc1ccc(CC(=O)n2cnc3ccccc32)cc1OC. The third-order valence-corrected chi connectivity index (χ3v) is 3.53. The Hall–Kier alpha value is -2.82. The average molecular weight is 296 g/mol. The molecule has 0 spiro atoms. The molecule has 0 unspecified atom stereocenters. The van der Waals surface area contributed by atoms with Crippen LogP contribution in [0, 0.1) is 0 Å². The first-order valence-electron chi connectivity index (χ1n) is 6.89. The molecule has 0 aliphatic heterocycles. The Morgan fingerprint density at radius 1 is 1.09 bits per heavy atom. The maximum Gasteiger partial charge on any atom is 0.236 e. The topological polar surface area (TPSA) is 53.4 Å². The highest BCUT2D eigenvalue weighted by molar-refractivity contribution is 5.91. The van der Waals surface area contributed by atoms with Crippen LogP contribution in [0.15, 0.2) is 48.8 Å². The summed E-state index contributed by atoms with van der Waals surface area (Å²) in [6.07, 6.45) is 1.83. The van der Waals surface area contributed by atoms with Gasteiger partial charge < -0.3 is 9.47 Å². The van der Waals surface area contributed by atoms with Crippen molar-refractivity contribution in [1.29, 1.82) is 0 Å². The third kappa shape index (κ3) is 2.53. The molecule has 0 radical (unpaired) electrons. The van der Waals surface area contributed by atoms with E-state index in [0.29, 0.717) is 11.5 Å². The number of carbonyl (C=O) groups excluding carboxylic acids is 1. The lowest BCUT2D eigenvalue weighted by atomic mass is 10.1. The molecule has 0 saturated carbocycles. The number of carbonyl (C=O) groups is 1. The summed E-state index contributed by atoms with van der Waals surface area (Å²) < 4.78 is 12.0. The van der Waals surface area contributed by atoms with Gasteiger partial charge in [0.25, 0.3) is 0 Å². The molecule has 0 fully saturated rings. The van der Waals surface area contributed by atoms with Gasteiger partial charge in [0, 0.05) is 0 Å². The molecule has 5 nitrogen and oxygen atoms in total. The highest BCUT2D eigenvalue weighted by Gasteiger charge is 2.12. The van der Waals surface area contributed by atoms with Crippen LogP contribution in [0.25, 0.3) is 11.0 Å². The lowest BCUT2D eigenvalue weighted by Gasteiger charge is -2.09. The van der Waals surface area contributed by atoms with Gasteiger partial charge in [0.15, 0.2) is 11.5 Å². The van der Waals surface area contributed by atoms with Crippen molar-refractivity contribution < 1.29 is 14.3 Å². The maximum atomic E-state index is 12.5. The van der Waals surface area contributed by atoms with Gasteiger partial charge in [-0.05, 0) is 29.8 Å². The summed E-state index contributed by atoms with van der Waals surface area (Å²) in [7, 11) is 3.16. The fourth-order valence-corrected chi connectivity index (χ4v) is 2.41. The smallest absolute Gasteiger partial charge is 0.236 e. The summed E-state index contributed by atoms with van der Waals surface area (Å²) in [5.74, 6) is 1.22. The van der Waals surface area contributed by atoms with Gasteiger partial charge in [-0.3, -0.25) is 9.36 Å². The van der Waals surface area contributed by atoms with Crippen molar-refractivity contribution >= 4 is 16.9 Å². The fourth-order valence-electron chi connectivity index (χ4n) is 2.41. The minimum atomic E-state index is -0.0408. The summed E-state index contributed by atoms with van der Waals surface area (Å²) in [4.78, 5) is 16.7. The van der Waals surface area contributed by atoms with Crippen molar-refractivity contribution in [2.45, 2.75) is 6.42 Å². The summed E-state index contributed by atoms with van der Waals surface area (Å²) in [5.41, 5.74) is 2.48. The van der Waals surface area contributed by atoms with Crippen molar-refractivity contribution in [3.8, 4) is 11.5 Å². The molecule has 0 amide bonds. The molecule has 0 aliphatic rings. The van der Waals surface area contributed by atoms with E-state index in [1.165, 1.54) is 0 Å². The van der Waals surface area contributed by atoms with Gasteiger partial charge in [-0.2, -0.15) is 0 Å². The van der Waals surface area contributed by atoms with Gasteiger partial charge in [0.1, 0.15) is 6.33 Å². The van der Waals surface area contributed by atoms with Gasteiger partial charge >= 0.3 is 0 Å². The number of ether oxygens (including phenoxy) is 2. The second kappa shape index (κ2) is 5.89. The predicted molar refractivity (Wildman–Crippen MR) is 83.6 cm³/mol. The molecule has 3 aromatic rings. The molecule has 0 saturated heterocycles. The molecule has 0 atom stereocenters. The monoisotopic (exact) mass is 296 g/mol. The van der Waals surface area contributed by atoms with Crippen molar-refractivity contribution in [2.75, 3.05) is 14.2 Å². The fraction of sp³-hybridized carbons (Fsp3) is 0.176. The van der Waals surface area contributed by atoms with Crippen LogP contribution in [0.5, 0.6) is 11.5 Å². The number of fused-ring (bicyclic) bond motifs is 1. The number of rotatable bonds is 4. The first kappa shape index (κ1) is 14.1. The number of aromatic nitrogens is 2. The Morgan fingerprint density at radius 2 is 1.86 bits per heavy atom. The summed E-state index contributed by atoms with van der Waals surface area (Å²) >= 11 is 0. The first-order chi connectivity index (χ1) is 10.7. The molecule has 5 heteroatoms. The van der Waals surface area contributed by atoms with Crippen LogP contribution in [-0.4, -0.2) is 29.7 Å². The molecule has 0 N–H and O–H groups in total. The van der Waals surface area contributed by atoms with E-state index in [0.717, 1.165) is 16.6 Å². The molecule has 22 heavy (non-hydrogen) atoms. The third-order valence-electron chi connectivity index (χ3n) is 3.53. The maximum absolute atomic E-state index is 12.5. The Kier molecular flexibility index (Phi) is 3.78. The minimum absolute atomic E-state index is 0.0408. The Labute approximate surface area is 128 Å². The number of para-hydroxylation sites is 2. The lowest BCUT2D eigenvalue weighted by Crippen LogP contribution is -2.12. The number of benzene rings is 2. The molecule has 2 aromatic carbocycles. The summed E-state index contributed by atoms with van der Waals surface area (Å²) in [6, 6.07) is 13.0. The van der Waals surface area contributed by atoms with E-state index in [9.17, 15) is 4.79 Å². The molecular formula is C17H16N2O3. The van der Waals surface area contributed by atoms with Gasteiger partial charge in [-0.1, -0.05) is 18.2 Å². The van der Waals surface area contributed by atoms with Crippen LogP contribution in [0.1, 0.15) is 10.4 Å². The van der Waals surface area contributed by atoms with Gasteiger partial charge in [0.05, 0.1) is 31.7 Å². The zero-order valence-electron chi connectivity index (χ0n) is 12.4. The molecule has 0 aliphatic carbocycles. The van der Waals surface area contributed by atoms with Crippen LogP contribution < -0.4 is 9.47 Å². The van der Waals surface area contributed by atoms with Crippen molar-refractivity contribution in [3.63, 3.8) is 0 Å². The Balaban J connectivity index is 1.88. The van der Waals surface area contributed by atoms with E-state index in [4.69, 9.17) is 9.47 Å². The molecule has 3 rings (SSSR count). The second-order valence-corrected chi connectivity index (χ2v) is 4.86. The largest absolute Gasteiger partial charge is 0.493 e.